The third-order valence-electron chi connectivity index (χ3n) is 5.63. The number of hydrogen-bond acceptors (Lipinski definition) is 8. The fourth-order valence-electron chi connectivity index (χ4n) is 4.06. The van der Waals surface area contributed by atoms with E-state index in [1.54, 1.807) is 17.3 Å². The van der Waals surface area contributed by atoms with E-state index in [0.29, 0.717) is 17.9 Å². The number of amides is 2. The number of nitrogens with one attached hydrogen (secondary N) is 1. The minimum atomic E-state index is -0.563. The van der Waals surface area contributed by atoms with E-state index in [9.17, 15) is 9.59 Å². The number of fused-ring (bicyclic) bond motifs is 3. The summed E-state index contributed by atoms with van der Waals surface area (Å²) < 4.78 is 11.5. The first-order valence-corrected chi connectivity index (χ1v) is 10.0. The molecule has 11 nitrogen and oxygen atoms in total. The Morgan fingerprint density at radius 2 is 2.16 bits per heavy atom. The highest BCUT2D eigenvalue weighted by Crippen LogP contribution is 2.40. The second-order valence-electron chi connectivity index (χ2n) is 7.50. The van der Waals surface area contributed by atoms with Crippen molar-refractivity contribution in [2.75, 3.05) is 18.6 Å². The number of aliphatic hydroxyl groups excluding tert-OH is 1. The highest BCUT2D eigenvalue weighted by Gasteiger charge is 2.47. The maximum atomic E-state index is 12.4. The monoisotopic (exact) mass is 436 g/mol. The molecule has 2 N–H and O–H groups in total. The Morgan fingerprint density at radius 1 is 1.31 bits per heavy atom. The first kappa shape index (κ1) is 19.9. The molecule has 2 aromatic heterocycles. The van der Waals surface area contributed by atoms with Crippen molar-refractivity contribution in [3.8, 4) is 16.9 Å². The summed E-state index contributed by atoms with van der Waals surface area (Å²) in [4.78, 5) is 29.9. The minimum Gasteiger partial charge on any atom is -0.453 e. The summed E-state index contributed by atoms with van der Waals surface area (Å²) in [5, 5.41) is 19.5. The van der Waals surface area contributed by atoms with Crippen LogP contribution in [0, 0.1) is 0 Å². The summed E-state index contributed by atoms with van der Waals surface area (Å²) in [5.41, 5.74) is 4.19. The third-order valence-corrected chi connectivity index (χ3v) is 5.63. The Kier molecular flexibility index (Phi) is 4.94. The lowest BCUT2D eigenvalue weighted by atomic mass is 10.0. The third kappa shape index (κ3) is 3.42. The average molecular weight is 436 g/mol. The molecule has 0 spiro atoms. The van der Waals surface area contributed by atoms with Crippen molar-refractivity contribution in [3.63, 3.8) is 0 Å². The van der Waals surface area contributed by atoms with Gasteiger partial charge in [0.2, 0.25) is 0 Å². The van der Waals surface area contributed by atoms with Crippen molar-refractivity contribution in [2.24, 2.45) is 0 Å². The average Bonchev–Trinajstić information content (AvgIpc) is 3.52. The van der Waals surface area contributed by atoms with E-state index in [4.69, 9.17) is 9.84 Å². The molecule has 0 radical (unpaired) electrons. The SMILES string of the molecule is COC(=O)NCC1OC(=O)N2c3ccc(-c4ccc(-n5cc(CO)nn5)nc4)cc3C[C@@H]12. The number of nitrogens with zero attached hydrogens (tertiary/aromatic N) is 5. The Morgan fingerprint density at radius 3 is 2.88 bits per heavy atom. The maximum Gasteiger partial charge on any atom is 0.415 e. The van der Waals surface area contributed by atoms with Gasteiger partial charge < -0.3 is 19.9 Å². The van der Waals surface area contributed by atoms with E-state index >= 15 is 0 Å². The molecule has 2 amide bonds. The van der Waals surface area contributed by atoms with Crippen LogP contribution in [0.5, 0.6) is 0 Å². The van der Waals surface area contributed by atoms with E-state index in [1.165, 1.54) is 11.8 Å². The van der Waals surface area contributed by atoms with Gasteiger partial charge in [-0.1, -0.05) is 11.3 Å². The quantitative estimate of drug-likeness (QED) is 0.614. The molecule has 4 heterocycles. The topological polar surface area (TPSA) is 132 Å². The van der Waals surface area contributed by atoms with Crippen LogP contribution in [0.2, 0.25) is 0 Å². The molecule has 2 aliphatic rings. The predicted molar refractivity (Wildman–Crippen MR) is 111 cm³/mol. The number of cyclic esters (lactones) is 1. The second kappa shape index (κ2) is 7.93. The van der Waals surface area contributed by atoms with Gasteiger partial charge in [0.25, 0.3) is 0 Å². The van der Waals surface area contributed by atoms with Gasteiger partial charge in [-0.3, -0.25) is 4.90 Å². The van der Waals surface area contributed by atoms with Gasteiger partial charge in [0.15, 0.2) is 5.82 Å². The number of pyridine rings is 1. The standard InChI is InChI=1S/C21H20N6O5/c1-31-20(29)23-9-18-17-7-14-6-12(2-4-16(14)27(17)21(30)32-18)13-3-5-19(22-8-13)26-10-15(11-28)24-25-26/h2-6,8,10,17-18,28H,7,9,11H2,1H3,(H,23,29)/t17-,18?/m0/s1. The molecular formula is C21H20N6O5. The Balaban J connectivity index is 1.35. The number of aromatic nitrogens is 4. The molecule has 0 bridgehead atoms. The van der Waals surface area contributed by atoms with Crippen LogP contribution in [0.1, 0.15) is 11.3 Å². The number of rotatable bonds is 5. The minimum absolute atomic E-state index is 0.182. The van der Waals surface area contributed by atoms with Gasteiger partial charge in [-0.05, 0) is 41.8 Å². The summed E-state index contributed by atoms with van der Waals surface area (Å²) in [6.07, 6.45) is 2.55. The van der Waals surface area contributed by atoms with Gasteiger partial charge in [0.05, 0.1) is 38.2 Å². The number of carbonyl (C=O) groups is 2. The molecule has 2 aliphatic heterocycles. The zero-order valence-corrected chi connectivity index (χ0v) is 17.1. The van der Waals surface area contributed by atoms with E-state index < -0.39 is 18.3 Å². The van der Waals surface area contributed by atoms with Crippen molar-refractivity contribution >= 4 is 17.9 Å². The summed E-state index contributed by atoms with van der Waals surface area (Å²) in [6.45, 7) is 0.00443. The first-order chi connectivity index (χ1) is 15.6. The van der Waals surface area contributed by atoms with Crippen LogP contribution < -0.4 is 10.2 Å². The number of carbonyl (C=O) groups excluding carboxylic acids is 2. The van der Waals surface area contributed by atoms with Crippen LogP contribution in [0.25, 0.3) is 16.9 Å². The lowest BCUT2D eigenvalue weighted by Crippen LogP contribution is -2.40. The highest BCUT2D eigenvalue weighted by molar-refractivity contribution is 5.94. The summed E-state index contributed by atoms with van der Waals surface area (Å²) in [6, 6.07) is 9.45. The number of anilines is 1. The number of ether oxygens (including phenoxy) is 2. The Hall–Kier alpha value is -3.99. The number of benzene rings is 1. The molecule has 32 heavy (non-hydrogen) atoms. The second-order valence-corrected chi connectivity index (χ2v) is 7.50. The van der Waals surface area contributed by atoms with Gasteiger partial charge >= 0.3 is 12.2 Å². The van der Waals surface area contributed by atoms with E-state index in [-0.39, 0.29) is 19.2 Å². The first-order valence-electron chi connectivity index (χ1n) is 10.0. The largest absolute Gasteiger partial charge is 0.453 e. The van der Waals surface area contributed by atoms with Crippen LogP contribution >= 0.6 is 0 Å². The molecule has 1 fully saturated rings. The molecule has 0 saturated carbocycles. The molecular weight excluding hydrogens is 416 g/mol. The molecule has 3 aromatic rings. The molecule has 1 aromatic carbocycles. The van der Waals surface area contributed by atoms with Crippen molar-refractivity contribution in [1.29, 1.82) is 0 Å². The maximum absolute atomic E-state index is 12.4. The van der Waals surface area contributed by atoms with Gasteiger partial charge in [-0.2, -0.15) is 0 Å². The van der Waals surface area contributed by atoms with Crippen LogP contribution in [-0.2, 0) is 22.5 Å². The fourth-order valence-corrected chi connectivity index (χ4v) is 4.06. The lowest BCUT2D eigenvalue weighted by Gasteiger charge is -2.16. The summed E-state index contributed by atoms with van der Waals surface area (Å²) in [7, 11) is 1.29. The normalized spacial score (nSPS) is 18.8. The molecule has 1 unspecified atom stereocenters. The van der Waals surface area contributed by atoms with Crippen LogP contribution in [0.3, 0.4) is 0 Å². The molecule has 5 rings (SSSR count). The highest BCUT2D eigenvalue weighted by atomic mass is 16.6. The fraction of sp³-hybridized carbons (Fsp3) is 0.286. The van der Waals surface area contributed by atoms with Crippen LogP contribution in [-0.4, -0.2) is 63.1 Å². The van der Waals surface area contributed by atoms with Gasteiger partial charge in [0.1, 0.15) is 11.8 Å². The van der Waals surface area contributed by atoms with Crippen molar-refractivity contribution < 1.29 is 24.2 Å². The molecule has 11 heteroatoms. The van der Waals surface area contributed by atoms with Gasteiger partial charge in [-0.15, -0.1) is 5.10 Å². The smallest absolute Gasteiger partial charge is 0.415 e. The zero-order valence-electron chi connectivity index (χ0n) is 17.1. The summed E-state index contributed by atoms with van der Waals surface area (Å²) in [5.74, 6) is 0.589. The Labute approximate surface area is 182 Å². The van der Waals surface area contributed by atoms with E-state index in [0.717, 1.165) is 22.4 Å². The molecule has 2 atom stereocenters. The van der Waals surface area contributed by atoms with Crippen molar-refractivity contribution in [1.82, 2.24) is 25.3 Å². The zero-order chi connectivity index (χ0) is 22.2. The predicted octanol–water partition coefficient (Wildman–Crippen LogP) is 1.43. The molecule has 0 aliphatic carbocycles. The van der Waals surface area contributed by atoms with Crippen LogP contribution in [0.4, 0.5) is 15.3 Å². The number of hydrogen-bond donors (Lipinski definition) is 2. The molecule has 164 valence electrons. The van der Waals surface area contributed by atoms with Gasteiger partial charge in [0, 0.05) is 11.8 Å². The van der Waals surface area contributed by atoms with E-state index in [2.05, 4.69) is 25.3 Å². The number of alkyl carbamates (subject to hydrolysis) is 1. The number of aliphatic hydroxyl groups is 1. The van der Waals surface area contributed by atoms with E-state index in [1.807, 2.05) is 30.3 Å². The lowest BCUT2D eigenvalue weighted by molar-refractivity contribution is 0.123. The number of methoxy groups -OCH3 is 1. The van der Waals surface area contributed by atoms with Crippen LogP contribution in [0.15, 0.2) is 42.7 Å². The molecule has 1 saturated heterocycles. The summed E-state index contributed by atoms with van der Waals surface area (Å²) >= 11 is 0. The van der Waals surface area contributed by atoms with Gasteiger partial charge in [-0.25, -0.2) is 19.3 Å². The van der Waals surface area contributed by atoms with Crippen molar-refractivity contribution in [3.05, 3.63) is 54.0 Å². The Bertz CT molecular complexity index is 1180. The van der Waals surface area contributed by atoms with Crippen molar-refractivity contribution in [2.45, 2.75) is 25.2 Å².